The predicted molar refractivity (Wildman–Crippen MR) is 149 cm³/mol. The van der Waals surface area contributed by atoms with Crippen molar-refractivity contribution < 1.29 is 27.9 Å². The molecule has 0 bridgehead atoms. The van der Waals surface area contributed by atoms with Gasteiger partial charge in [-0.15, -0.1) is 0 Å². The Balaban J connectivity index is 1.57. The van der Waals surface area contributed by atoms with Gasteiger partial charge in [0.15, 0.2) is 0 Å². The molecule has 8 nitrogen and oxygen atoms in total. The van der Waals surface area contributed by atoms with Crippen LogP contribution < -0.4 is 20.9 Å². The van der Waals surface area contributed by atoms with Crippen LogP contribution in [0.25, 0.3) is 0 Å². The van der Waals surface area contributed by atoms with Crippen molar-refractivity contribution in [2.24, 2.45) is 0 Å². The largest absolute Gasteiger partial charge is 0.389 e. The summed E-state index contributed by atoms with van der Waals surface area (Å²) in [7, 11) is 0. The quantitative estimate of drug-likeness (QED) is 0.413. The predicted octanol–water partition coefficient (Wildman–Crippen LogP) is 4.20. The summed E-state index contributed by atoms with van der Waals surface area (Å²) in [4.78, 5) is 33.5. The third-order valence-corrected chi connectivity index (χ3v) is 8.60. The standard InChI is InChI=1S/C30H38F3N5O3/c1-28(2)10-11-35-23-13-21(4-5-22(23)28)38(27(40)24-14-29(3,41)17-36-24)25(18-12-19(31)16-34-15-18)26(39)37-20-6-8-30(32,33)9-7-20/h4-5,12-13,15-16,20,24-25,35-36,41H,6-11,14,17H2,1-3H3,(H,37,39). The molecule has 1 aromatic carbocycles. The Morgan fingerprint density at radius 3 is 2.51 bits per heavy atom. The highest BCUT2D eigenvalue weighted by molar-refractivity contribution is 6.04. The van der Waals surface area contributed by atoms with Crippen LogP contribution in [0.5, 0.6) is 0 Å². The fourth-order valence-electron chi connectivity index (χ4n) is 6.20. The van der Waals surface area contributed by atoms with Gasteiger partial charge in [-0.1, -0.05) is 19.9 Å². The molecule has 3 heterocycles. The summed E-state index contributed by atoms with van der Waals surface area (Å²) in [6, 6.07) is 4.01. The van der Waals surface area contributed by atoms with Crippen molar-refractivity contribution in [3.05, 3.63) is 53.6 Å². The molecule has 3 aliphatic rings. The average molecular weight is 574 g/mol. The molecular weight excluding hydrogens is 535 g/mol. The first-order chi connectivity index (χ1) is 19.2. The van der Waals surface area contributed by atoms with Gasteiger partial charge in [-0.3, -0.25) is 19.5 Å². The summed E-state index contributed by atoms with van der Waals surface area (Å²) >= 11 is 0. The van der Waals surface area contributed by atoms with E-state index in [1.165, 1.54) is 11.1 Å². The lowest BCUT2D eigenvalue weighted by molar-refractivity contribution is -0.128. The van der Waals surface area contributed by atoms with E-state index < -0.39 is 47.3 Å². The van der Waals surface area contributed by atoms with Crippen molar-refractivity contribution in [2.45, 2.75) is 94.4 Å². The summed E-state index contributed by atoms with van der Waals surface area (Å²) in [6.07, 6.45) is 2.86. The number of β-amino-alcohol motifs (C(OH)–C–C–N with tert-alkyl or cyclic N) is 1. The van der Waals surface area contributed by atoms with Crippen LogP contribution in [0.4, 0.5) is 24.5 Å². The molecule has 1 aromatic heterocycles. The van der Waals surface area contributed by atoms with Crippen LogP contribution in [-0.2, 0) is 15.0 Å². The summed E-state index contributed by atoms with van der Waals surface area (Å²) < 4.78 is 42.1. The Hall–Kier alpha value is -3.18. The number of aromatic nitrogens is 1. The highest BCUT2D eigenvalue weighted by atomic mass is 19.3. The number of alkyl halides is 2. The van der Waals surface area contributed by atoms with Crippen molar-refractivity contribution in [1.82, 2.24) is 15.6 Å². The Morgan fingerprint density at radius 2 is 1.85 bits per heavy atom. The topological polar surface area (TPSA) is 107 Å². The maximum absolute atomic E-state index is 14.5. The maximum atomic E-state index is 14.5. The zero-order valence-electron chi connectivity index (χ0n) is 23.6. The Morgan fingerprint density at radius 1 is 1.12 bits per heavy atom. The molecule has 11 heteroatoms. The zero-order chi connectivity index (χ0) is 29.6. The third kappa shape index (κ3) is 6.35. The van der Waals surface area contributed by atoms with E-state index >= 15 is 0 Å². The van der Waals surface area contributed by atoms with Crippen molar-refractivity contribution in [3.8, 4) is 0 Å². The number of carbonyl (C=O) groups excluding carboxylic acids is 2. The summed E-state index contributed by atoms with van der Waals surface area (Å²) in [5.74, 6) is -4.54. The van der Waals surface area contributed by atoms with Crippen LogP contribution in [0.1, 0.15) is 76.5 Å². The molecular formula is C30H38F3N5O3. The second kappa shape index (κ2) is 10.9. The molecule has 1 saturated heterocycles. The molecule has 0 spiro atoms. The normalized spacial score (nSPS) is 26.0. The van der Waals surface area contributed by atoms with E-state index in [9.17, 15) is 27.9 Å². The van der Waals surface area contributed by atoms with Crippen LogP contribution in [0.3, 0.4) is 0 Å². The number of amides is 2. The minimum absolute atomic E-state index is 0.0890. The second-order valence-electron chi connectivity index (χ2n) is 12.6. The number of fused-ring (bicyclic) bond motifs is 1. The van der Waals surface area contributed by atoms with Gasteiger partial charge in [-0.2, -0.15) is 0 Å². The van der Waals surface area contributed by atoms with Gasteiger partial charge in [0.2, 0.25) is 17.7 Å². The van der Waals surface area contributed by atoms with E-state index in [4.69, 9.17) is 0 Å². The lowest BCUT2D eigenvalue weighted by Gasteiger charge is -2.37. The van der Waals surface area contributed by atoms with Gasteiger partial charge < -0.3 is 21.1 Å². The number of benzene rings is 1. The van der Waals surface area contributed by atoms with Gasteiger partial charge >= 0.3 is 0 Å². The molecule has 2 amide bonds. The van der Waals surface area contributed by atoms with Gasteiger partial charge in [0.05, 0.1) is 17.8 Å². The van der Waals surface area contributed by atoms with E-state index in [1.54, 1.807) is 13.0 Å². The van der Waals surface area contributed by atoms with Crippen LogP contribution in [0.2, 0.25) is 0 Å². The van der Waals surface area contributed by atoms with Gasteiger partial charge in [0.1, 0.15) is 11.9 Å². The van der Waals surface area contributed by atoms with Crippen LogP contribution in [0, 0.1) is 5.82 Å². The number of pyridine rings is 1. The minimum atomic E-state index is -2.77. The first-order valence-electron chi connectivity index (χ1n) is 14.2. The molecule has 1 aliphatic carbocycles. The Kier molecular flexibility index (Phi) is 7.80. The fourth-order valence-corrected chi connectivity index (χ4v) is 6.20. The number of aliphatic hydroxyl groups is 1. The summed E-state index contributed by atoms with van der Waals surface area (Å²) in [6.45, 7) is 6.83. The van der Waals surface area contributed by atoms with Crippen LogP contribution in [-0.4, -0.2) is 58.6 Å². The molecule has 3 unspecified atom stereocenters. The maximum Gasteiger partial charge on any atom is 0.248 e. The number of halogens is 3. The van der Waals surface area contributed by atoms with Crippen LogP contribution >= 0.6 is 0 Å². The van der Waals surface area contributed by atoms with Gasteiger partial charge in [0, 0.05) is 61.5 Å². The van der Waals surface area contributed by atoms with Crippen molar-refractivity contribution in [2.75, 3.05) is 23.3 Å². The third-order valence-electron chi connectivity index (χ3n) is 8.60. The number of nitrogens with zero attached hydrogens (tertiary/aromatic N) is 2. The Labute approximate surface area is 238 Å². The molecule has 3 atom stereocenters. The lowest BCUT2D eigenvalue weighted by Crippen LogP contribution is -2.52. The molecule has 1 saturated carbocycles. The number of hydrogen-bond donors (Lipinski definition) is 4. The van der Waals surface area contributed by atoms with E-state index in [0.717, 1.165) is 36.5 Å². The fraction of sp³-hybridized carbons (Fsp3) is 0.567. The number of hydrogen-bond acceptors (Lipinski definition) is 6. The SMILES string of the molecule is CC1(O)CNC(C(=O)N(c2ccc3c(c2)NCCC3(C)C)C(C(=O)NC2CCC(F)(F)CC2)c2cncc(F)c2)C1. The molecule has 5 rings (SSSR count). The molecule has 2 aliphatic heterocycles. The number of carbonyl (C=O) groups is 2. The molecule has 4 N–H and O–H groups in total. The van der Waals surface area contributed by atoms with Crippen molar-refractivity contribution in [3.63, 3.8) is 0 Å². The number of nitrogens with one attached hydrogen (secondary N) is 3. The highest BCUT2D eigenvalue weighted by Crippen LogP contribution is 2.41. The monoisotopic (exact) mass is 573 g/mol. The first kappa shape index (κ1) is 29.3. The summed E-state index contributed by atoms with van der Waals surface area (Å²) in [5.41, 5.74) is 1.22. The van der Waals surface area contributed by atoms with E-state index in [0.29, 0.717) is 5.69 Å². The van der Waals surface area contributed by atoms with Crippen molar-refractivity contribution >= 4 is 23.2 Å². The average Bonchev–Trinajstić information content (AvgIpc) is 3.27. The second-order valence-corrected chi connectivity index (χ2v) is 12.6. The number of rotatable bonds is 6. The number of anilines is 2. The van der Waals surface area contributed by atoms with E-state index in [1.807, 2.05) is 12.1 Å². The molecule has 2 aromatic rings. The van der Waals surface area contributed by atoms with E-state index in [-0.39, 0.29) is 49.6 Å². The smallest absolute Gasteiger partial charge is 0.248 e. The van der Waals surface area contributed by atoms with Crippen molar-refractivity contribution in [1.29, 1.82) is 0 Å². The minimum Gasteiger partial charge on any atom is -0.389 e. The molecule has 0 radical (unpaired) electrons. The van der Waals surface area contributed by atoms with Crippen LogP contribution in [0.15, 0.2) is 36.7 Å². The first-order valence-corrected chi connectivity index (χ1v) is 14.2. The van der Waals surface area contributed by atoms with Gasteiger partial charge in [0.25, 0.3) is 0 Å². The van der Waals surface area contributed by atoms with E-state index in [2.05, 4.69) is 34.8 Å². The lowest BCUT2D eigenvalue weighted by atomic mass is 9.78. The Bertz CT molecular complexity index is 1310. The molecule has 41 heavy (non-hydrogen) atoms. The van der Waals surface area contributed by atoms with Gasteiger partial charge in [-0.25, -0.2) is 13.2 Å². The highest BCUT2D eigenvalue weighted by Gasteiger charge is 2.44. The van der Waals surface area contributed by atoms with Gasteiger partial charge in [-0.05, 0) is 55.4 Å². The summed E-state index contributed by atoms with van der Waals surface area (Å²) in [5, 5.41) is 19.9. The zero-order valence-corrected chi connectivity index (χ0v) is 23.6. The molecule has 222 valence electrons. The molecule has 2 fully saturated rings.